The predicted molar refractivity (Wildman–Crippen MR) is 82.2 cm³/mol. The van der Waals surface area contributed by atoms with Crippen LogP contribution in [0.25, 0.3) is 0 Å². The second kappa shape index (κ2) is 3.76. The first kappa shape index (κ1) is 12.7. The second-order valence-electron chi connectivity index (χ2n) is 7.34. The Morgan fingerprint density at radius 1 is 1.45 bits per heavy atom. The number of nitrogens with two attached hydrogens (primary N) is 1. The summed E-state index contributed by atoms with van der Waals surface area (Å²) in [5.41, 5.74) is 7.09. The third kappa shape index (κ3) is 1.16. The van der Waals surface area contributed by atoms with Crippen molar-refractivity contribution in [2.24, 2.45) is 16.7 Å². The normalized spacial score (nSPS) is 43.3. The van der Waals surface area contributed by atoms with Crippen molar-refractivity contribution in [1.82, 2.24) is 4.98 Å². The summed E-state index contributed by atoms with van der Waals surface area (Å²) < 4.78 is 5.25. The van der Waals surface area contributed by atoms with Crippen molar-refractivity contribution in [2.75, 3.05) is 17.2 Å². The number of hydrogen-bond acceptors (Lipinski definition) is 5. The van der Waals surface area contributed by atoms with Gasteiger partial charge in [0.2, 0.25) is 0 Å². The molecule has 5 unspecified atom stereocenters. The number of hydrogen-bond donors (Lipinski definition) is 1. The zero-order valence-corrected chi connectivity index (χ0v) is 12.8. The van der Waals surface area contributed by atoms with Crippen LogP contribution in [0.15, 0.2) is 18.3 Å². The van der Waals surface area contributed by atoms with Crippen LogP contribution in [-0.4, -0.2) is 29.6 Å². The maximum absolute atomic E-state index is 12.1. The van der Waals surface area contributed by atoms with Crippen molar-refractivity contribution >= 4 is 17.5 Å². The molecule has 2 N–H and O–H groups in total. The first-order valence-electron chi connectivity index (χ1n) is 8.30. The van der Waals surface area contributed by atoms with E-state index in [0.717, 1.165) is 18.7 Å². The molecule has 3 saturated carbocycles. The monoisotopic (exact) mass is 299 g/mol. The van der Waals surface area contributed by atoms with E-state index in [0.29, 0.717) is 29.8 Å². The van der Waals surface area contributed by atoms with Gasteiger partial charge in [0.05, 0.1) is 24.4 Å². The van der Waals surface area contributed by atoms with E-state index in [1.54, 1.807) is 6.20 Å². The average Bonchev–Trinajstić information content (AvgIpc) is 3.20. The predicted octanol–water partition coefficient (Wildman–Crippen LogP) is 1.97. The van der Waals surface area contributed by atoms with Crippen LogP contribution in [0, 0.1) is 16.7 Å². The highest BCUT2D eigenvalue weighted by atomic mass is 16.5. The smallest absolute Gasteiger partial charge is 0.309 e. The van der Waals surface area contributed by atoms with E-state index in [4.69, 9.17) is 10.5 Å². The minimum atomic E-state index is 0.0324. The SMILES string of the molecule is CCOC(=O)C1CC12CC1N(c3ccc(N)cn3)C3CCC312. The molecule has 0 aromatic carbocycles. The third-order valence-electron chi connectivity index (χ3n) is 6.86. The first-order valence-corrected chi connectivity index (χ1v) is 8.30. The number of rotatable bonds is 3. The molecule has 1 aliphatic heterocycles. The molecule has 0 radical (unpaired) electrons. The Hall–Kier alpha value is -1.78. The van der Waals surface area contributed by atoms with Gasteiger partial charge in [-0.2, -0.15) is 0 Å². The molecule has 3 aliphatic carbocycles. The summed E-state index contributed by atoms with van der Waals surface area (Å²) >= 11 is 0. The zero-order valence-electron chi connectivity index (χ0n) is 12.8. The van der Waals surface area contributed by atoms with Crippen LogP contribution >= 0.6 is 0 Å². The van der Waals surface area contributed by atoms with Gasteiger partial charge in [0.1, 0.15) is 5.82 Å². The number of ether oxygens (including phenoxy) is 1. The number of anilines is 2. The lowest BCUT2D eigenvalue weighted by Crippen LogP contribution is -2.87. The van der Waals surface area contributed by atoms with Gasteiger partial charge in [0.25, 0.3) is 0 Å². The Kier molecular flexibility index (Phi) is 2.17. The van der Waals surface area contributed by atoms with Crippen LogP contribution in [0.1, 0.15) is 32.6 Å². The van der Waals surface area contributed by atoms with E-state index in [1.807, 2.05) is 19.1 Å². The molecular weight excluding hydrogens is 278 g/mol. The fourth-order valence-electron chi connectivity index (χ4n) is 5.81. The van der Waals surface area contributed by atoms with E-state index < -0.39 is 0 Å². The topological polar surface area (TPSA) is 68.5 Å². The fourth-order valence-corrected chi connectivity index (χ4v) is 5.81. The van der Waals surface area contributed by atoms with E-state index in [-0.39, 0.29) is 17.3 Å². The van der Waals surface area contributed by atoms with E-state index in [1.165, 1.54) is 12.8 Å². The van der Waals surface area contributed by atoms with Gasteiger partial charge in [0, 0.05) is 17.5 Å². The number of pyridine rings is 1. The number of esters is 1. The Labute approximate surface area is 129 Å². The van der Waals surface area contributed by atoms with Gasteiger partial charge < -0.3 is 15.4 Å². The molecule has 5 nitrogen and oxygen atoms in total. The van der Waals surface area contributed by atoms with Crippen molar-refractivity contribution < 1.29 is 9.53 Å². The fraction of sp³-hybridized carbons (Fsp3) is 0.647. The molecule has 1 aromatic rings. The van der Waals surface area contributed by atoms with Crippen LogP contribution in [0.3, 0.4) is 0 Å². The molecule has 4 fully saturated rings. The van der Waals surface area contributed by atoms with Crippen LogP contribution in [0.4, 0.5) is 11.5 Å². The Balaban J connectivity index is 1.38. The Bertz CT molecular complexity index is 652. The van der Waals surface area contributed by atoms with Crippen molar-refractivity contribution in [3.63, 3.8) is 0 Å². The van der Waals surface area contributed by atoms with Gasteiger partial charge in [-0.05, 0) is 50.2 Å². The summed E-state index contributed by atoms with van der Waals surface area (Å²) in [7, 11) is 0. The molecule has 22 heavy (non-hydrogen) atoms. The molecule has 4 aliphatic rings. The molecule has 5 rings (SSSR count). The maximum Gasteiger partial charge on any atom is 0.309 e. The lowest BCUT2D eigenvalue weighted by Gasteiger charge is -2.81. The number of carbonyl (C=O) groups is 1. The molecule has 0 bridgehead atoms. The molecule has 1 aromatic heterocycles. The summed E-state index contributed by atoms with van der Waals surface area (Å²) in [5, 5.41) is 0. The molecule has 2 spiro atoms. The minimum absolute atomic E-state index is 0.0324. The van der Waals surface area contributed by atoms with Crippen molar-refractivity contribution in [3.8, 4) is 0 Å². The highest BCUT2D eigenvalue weighted by molar-refractivity contribution is 5.79. The molecule has 0 amide bonds. The lowest BCUT2D eigenvalue weighted by molar-refractivity contribution is -0.201. The summed E-state index contributed by atoms with van der Waals surface area (Å²) in [6.45, 7) is 2.38. The van der Waals surface area contributed by atoms with Crippen LogP contribution in [-0.2, 0) is 9.53 Å². The summed E-state index contributed by atoms with van der Waals surface area (Å²) in [6, 6.07) is 5.09. The summed E-state index contributed by atoms with van der Waals surface area (Å²) in [5.74, 6) is 1.24. The highest BCUT2D eigenvalue weighted by Gasteiger charge is 2.89. The average molecular weight is 299 g/mol. The number of aromatic nitrogens is 1. The Morgan fingerprint density at radius 2 is 2.32 bits per heavy atom. The summed E-state index contributed by atoms with van der Waals surface area (Å²) in [4.78, 5) is 19.1. The number of nitrogens with zero attached hydrogens (tertiary/aromatic N) is 2. The van der Waals surface area contributed by atoms with Crippen LogP contribution in [0.2, 0.25) is 0 Å². The molecule has 1 saturated heterocycles. The van der Waals surface area contributed by atoms with Crippen molar-refractivity contribution in [3.05, 3.63) is 18.3 Å². The molecule has 2 heterocycles. The van der Waals surface area contributed by atoms with Crippen molar-refractivity contribution in [1.29, 1.82) is 0 Å². The van der Waals surface area contributed by atoms with Gasteiger partial charge in [-0.3, -0.25) is 4.79 Å². The first-order chi connectivity index (χ1) is 10.6. The third-order valence-corrected chi connectivity index (χ3v) is 6.86. The Morgan fingerprint density at radius 3 is 2.91 bits per heavy atom. The maximum atomic E-state index is 12.1. The standard InChI is InChI=1S/C17H21N3O2/c1-2-22-15(21)11-7-16(11)8-13-17(16)6-5-12(17)20(13)14-4-3-10(18)9-19-14/h3-4,9,11-13H,2,5-8,18H2,1H3. The van der Waals surface area contributed by atoms with Crippen LogP contribution in [0.5, 0.6) is 0 Å². The molecular formula is C17H21N3O2. The largest absolute Gasteiger partial charge is 0.466 e. The number of piperidine rings is 2. The molecule has 5 heteroatoms. The van der Waals surface area contributed by atoms with Gasteiger partial charge in [-0.1, -0.05) is 0 Å². The van der Waals surface area contributed by atoms with Gasteiger partial charge in [-0.15, -0.1) is 0 Å². The quantitative estimate of drug-likeness (QED) is 0.864. The van der Waals surface area contributed by atoms with Gasteiger partial charge in [0.15, 0.2) is 0 Å². The van der Waals surface area contributed by atoms with E-state index in [2.05, 4.69) is 9.88 Å². The summed E-state index contributed by atoms with van der Waals surface area (Å²) in [6.07, 6.45) is 6.39. The van der Waals surface area contributed by atoms with E-state index in [9.17, 15) is 4.79 Å². The number of nitrogen functional groups attached to an aromatic ring is 1. The molecule has 116 valence electrons. The minimum Gasteiger partial charge on any atom is -0.466 e. The molecule has 5 atom stereocenters. The number of carbonyl (C=O) groups excluding carboxylic acids is 1. The second-order valence-corrected chi connectivity index (χ2v) is 7.34. The lowest BCUT2D eigenvalue weighted by atomic mass is 9.35. The van der Waals surface area contributed by atoms with Crippen molar-refractivity contribution in [2.45, 2.75) is 44.7 Å². The van der Waals surface area contributed by atoms with Gasteiger partial charge in [-0.25, -0.2) is 4.98 Å². The van der Waals surface area contributed by atoms with Gasteiger partial charge >= 0.3 is 5.97 Å². The van der Waals surface area contributed by atoms with E-state index >= 15 is 0 Å². The highest BCUT2D eigenvalue weighted by Crippen LogP contribution is 2.86. The van der Waals surface area contributed by atoms with Crippen LogP contribution < -0.4 is 10.6 Å². The zero-order chi connectivity index (χ0) is 15.1.